The van der Waals surface area contributed by atoms with Gasteiger partial charge in [0.25, 0.3) is 0 Å². The third kappa shape index (κ3) is 3.17. The quantitative estimate of drug-likeness (QED) is 0.796. The van der Waals surface area contributed by atoms with Gasteiger partial charge in [-0.2, -0.15) is 0 Å². The molecular formula is C14H18BrF2NO2. The molecule has 0 unspecified atom stereocenters. The highest BCUT2D eigenvalue weighted by atomic mass is 79.9. The molecule has 6 heteroatoms. The summed E-state index contributed by atoms with van der Waals surface area (Å²) in [6, 6.07) is 2.46. The Hall–Kier alpha value is -1.01. The van der Waals surface area contributed by atoms with E-state index in [1.165, 1.54) is 12.1 Å². The molecule has 0 aliphatic rings. The Balaban J connectivity index is 2.98. The smallest absolute Gasteiger partial charge is 0.310 e. The van der Waals surface area contributed by atoms with Gasteiger partial charge in [0.05, 0.1) is 9.89 Å². The van der Waals surface area contributed by atoms with E-state index in [-0.39, 0.29) is 16.6 Å². The molecule has 1 aromatic rings. The SMILES string of the molecule is CC(C)(NCc1c(F)ccc(Br)c1F)C(C)(C)C(=O)O. The predicted octanol–water partition coefficient (Wildman–Crippen LogP) is 3.71. The second-order valence-electron chi connectivity index (χ2n) is 5.73. The molecule has 20 heavy (non-hydrogen) atoms. The summed E-state index contributed by atoms with van der Waals surface area (Å²) in [5.41, 5.74) is -2.06. The molecule has 0 amide bonds. The Labute approximate surface area is 125 Å². The first-order valence-electron chi connectivity index (χ1n) is 6.11. The van der Waals surface area contributed by atoms with E-state index in [9.17, 15) is 18.7 Å². The summed E-state index contributed by atoms with van der Waals surface area (Å²) in [4.78, 5) is 11.3. The van der Waals surface area contributed by atoms with E-state index < -0.39 is 28.6 Å². The molecule has 0 heterocycles. The van der Waals surface area contributed by atoms with Crippen LogP contribution in [0.25, 0.3) is 0 Å². The van der Waals surface area contributed by atoms with Crippen molar-refractivity contribution < 1.29 is 18.7 Å². The van der Waals surface area contributed by atoms with Crippen LogP contribution in [0.5, 0.6) is 0 Å². The molecular weight excluding hydrogens is 332 g/mol. The maximum absolute atomic E-state index is 13.8. The van der Waals surface area contributed by atoms with Crippen LogP contribution in [0.3, 0.4) is 0 Å². The van der Waals surface area contributed by atoms with Crippen molar-refractivity contribution in [3.05, 3.63) is 33.8 Å². The molecule has 0 fully saturated rings. The Morgan fingerprint density at radius 1 is 1.30 bits per heavy atom. The van der Waals surface area contributed by atoms with E-state index in [0.717, 1.165) is 0 Å². The lowest BCUT2D eigenvalue weighted by atomic mass is 9.74. The summed E-state index contributed by atoms with van der Waals surface area (Å²) in [6.07, 6.45) is 0. The number of hydrogen-bond acceptors (Lipinski definition) is 2. The first-order valence-corrected chi connectivity index (χ1v) is 6.91. The van der Waals surface area contributed by atoms with Gasteiger partial charge in [0.1, 0.15) is 11.6 Å². The molecule has 1 aromatic carbocycles. The molecule has 0 radical (unpaired) electrons. The summed E-state index contributed by atoms with van der Waals surface area (Å²) >= 11 is 3.00. The maximum atomic E-state index is 13.8. The maximum Gasteiger partial charge on any atom is 0.310 e. The van der Waals surface area contributed by atoms with Gasteiger partial charge in [0, 0.05) is 17.6 Å². The Morgan fingerprint density at radius 2 is 1.85 bits per heavy atom. The molecule has 1 rings (SSSR count). The van der Waals surface area contributed by atoms with E-state index >= 15 is 0 Å². The van der Waals surface area contributed by atoms with Crippen LogP contribution in [-0.2, 0) is 11.3 Å². The monoisotopic (exact) mass is 349 g/mol. The van der Waals surface area contributed by atoms with Crippen LogP contribution in [0.4, 0.5) is 8.78 Å². The van der Waals surface area contributed by atoms with E-state index in [1.807, 2.05) is 0 Å². The summed E-state index contributed by atoms with van der Waals surface area (Å²) in [7, 11) is 0. The Morgan fingerprint density at radius 3 is 2.35 bits per heavy atom. The zero-order chi connectivity index (χ0) is 15.7. The van der Waals surface area contributed by atoms with E-state index in [2.05, 4.69) is 21.2 Å². The average Bonchev–Trinajstić information content (AvgIpc) is 2.33. The van der Waals surface area contributed by atoms with Crippen LogP contribution in [0.2, 0.25) is 0 Å². The largest absolute Gasteiger partial charge is 0.481 e. The molecule has 0 bridgehead atoms. The fourth-order valence-electron chi connectivity index (χ4n) is 1.53. The van der Waals surface area contributed by atoms with E-state index in [0.29, 0.717) is 0 Å². The minimum absolute atomic E-state index is 0.0964. The van der Waals surface area contributed by atoms with Crippen LogP contribution < -0.4 is 5.32 Å². The first kappa shape index (κ1) is 17.0. The Kier molecular flexibility index (Phi) is 4.92. The third-order valence-corrected chi connectivity index (χ3v) is 4.56. The van der Waals surface area contributed by atoms with Crippen LogP contribution in [0.15, 0.2) is 16.6 Å². The van der Waals surface area contributed by atoms with Crippen molar-refractivity contribution in [1.29, 1.82) is 0 Å². The third-order valence-electron chi connectivity index (χ3n) is 3.94. The van der Waals surface area contributed by atoms with Gasteiger partial charge >= 0.3 is 5.97 Å². The van der Waals surface area contributed by atoms with Gasteiger partial charge in [0.15, 0.2) is 0 Å². The molecule has 0 aromatic heterocycles. The number of hydrogen-bond donors (Lipinski definition) is 2. The summed E-state index contributed by atoms with van der Waals surface area (Å²) < 4.78 is 27.7. The van der Waals surface area contributed by atoms with Gasteiger partial charge in [-0.3, -0.25) is 4.79 Å². The lowest BCUT2D eigenvalue weighted by Gasteiger charge is -2.39. The molecule has 3 nitrogen and oxygen atoms in total. The van der Waals surface area contributed by atoms with Crippen molar-refractivity contribution in [3.63, 3.8) is 0 Å². The summed E-state index contributed by atoms with van der Waals surface area (Å²) in [5.74, 6) is -2.33. The van der Waals surface area contributed by atoms with Crippen molar-refractivity contribution in [1.82, 2.24) is 5.32 Å². The van der Waals surface area contributed by atoms with Crippen molar-refractivity contribution in [3.8, 4) is 0 Å². The first-order chi connectivity index (χ1) is 9.00. The highest BCUT2D eigenvalue weighted by molar-refractivity contribution is 9.10. The van der Waals surface area contributed by atoms with Crippen LogP contribution in [0, 0.1) is 17.0 Å². The van der Waals surface area contributed by atoms with E-state index in [4.69, 9.17) is 0 Å². The molecule has 112 valence electrons. The lowest BCUT2D eigenvalue weighted by Crippen LogP contribution is -2.54. The van der Waals surface area contributed by atoms with Gasteiger partial charge in [-0.15, -0.1) is 0 Å². The lowest BCUT2D eigenvalue weighted by molar-refractivity contribution is -0.151. The van der Waals surface area contributed by atoms with E-state index in [1.54, 1.807) is 27.7 Å². The second kappa shape index (κ2) is 5.77. The topological polar surface area (TPSA) is 49.3 Å². The highest BCUT2D eigenvalue weighted by Gasteiger charge is 2.43. The zero-order valence-electron chi connectivity index (χ0n) is 11.9. The standard InChI is InChI=1S/C14H18BrF2NO2/c1-13(2,12(19)20)14(3,4)18-7-8-10(16)6-5-9(15)11(8)17/h5-6,18H,7H2,1-4H3,(H,19,20). The molecule has 0 saturated carbocycles. The summed E-state index contributed by atoms with van der Waals surface area (Å²) in [5, 5.41) is 12.2. The van der Waals surface area contributed by atoms with Crippen molar-refractivity contribution in [2.24, 2.45) is 5.41 Å². The number of benzene rings is 1. The normalized spacial score (nSPS) is 12.6. The number of carboxylic acids is 1. The predicted molar refractivity (Wildman–Crippen MR) is 76.4 cm³/mol. The number of carbonyl (C=O) groups is 1. The minimum atomic E-state index is -1.09. The minimum Gasteiger partial charge on any atom is -0.481 e. The van der Waals surface area contributed by atoms with Crippen LogP contribution in [-0.4, -0.2) is 16.6 Å². The molecule has 2 N–H and O–H groups in total. The second-order valence-corrected chi connectivity index (χ2v) is 6.58. The zero-order valence-corrected chi connectivity index (χ0v) is 13.4. The number of halogens is 3. The van der Waals surface area contributed by atoms with Crippen molar-refractivity contribution in [2.45, 2.75) is 39.8 Å². The highest BCUT2D eigenvalue weighted by Crippen LogP contribution is 2.31. The number of nitrogens with one attached hydrogen (secondary N) is 1. The molecule has 0 spiro atoms. The summed E-state index contributed by atoms with van der Waals surface area (Å²) in [6.45, 7) is 6.41. The number of aliphatic carboxylic acids is 1. The average molecular weight is 350 g/mol. The fraction of sp³-hybridized carbons (Fsp3) is 0.500. The molecule has 0 aliphatic carbocycles. The van der Waals surface area contributed by atoms with Crippen molar-refractivity contribution >= 4 is 21.9 Å². The van der Waals surface area contributed by atoms with Gasteiger partial charge < -0.3 is 10.4 Å². The number of rotatable bonds is 5. The van der Waals surface area contributed by atoms with Gasteiger partial charge in [-0.05, 0) is 55.8 Å². The van der Waals surface area contributed by atoms with Gasteiger partial charge in [-0.25, -0.2) is 8.78 Å². The van der Waals surface area contributed by atoms with Crippen LogP contribution >= 0.6 is 15.9 Å². The fourth-order valence-corrected chi connectivity index (χ4v) is 1.90. The molecule has 0 aliphatic heterocycles. The molecule has 0 atom stereocenters. The number of carboxylic acid groups (broad SMARTS) is 1. The van der Waals surface area contributed by atoms with Crippen LogP contribution in [0.1, 0.15) is 33.3 Å². The van der Waals surface area contributed by atoms with Gasteiger partial charge in [0.2, 0.25) is 0 Å². The molecule has 0 saturated heterocycles. The van der Waals surface area contributed by atoms with Gasteiger partial charge in [-0.1, -0.05) is 0 Å². The Bertz CT molecular complexity index is 530. The van der Waals surface area contributed by atoms with Crippen molar-refractivity contribution in [2.75, 3.05) is 0 Å².